The zero-order valence-corrected chi connectivity index (χ0v) is 12.4. The molecule has 23 heavy (non-hydrogen) atoms. The second-order valence-electron chi connectivity index (χ2n) is 5.57. The maximum absolute atomic E-state index is 12.6. The van der Waals surface area contributed by atoms with E-state index in [1.54, 1.807) is 12.1 Å². The lowest BCUT2D eigenvalue weighted by Gasteiger charge is -2.14. The Labute approximate surface area is 133 Å². The first-order chi connectivity index (χ1) is 11.3. The molecular formula is C17H15N5O. The number of nitrogens with one attached hydrogen (secondary N) is 1. The summed E-state index contributed by atoms with van der Waals surface area (Å²) in [5.74, 6) is -0.0818. The van der Waals surface area contributed by atoms with E-state index in [1.165, 1.54) is 22.1 Å². The topological polar surface area (TPSA) is 72.7 Å². The Kier molecular flexibility index (Phi) is 3.34. The van der Waals surface area contributed by atoms with Crippen molar-refractivity contribution < 1.29 is 4.79 Å². The van der Waals surface area contributed by atoms with Gasteiger partial charge in [0.25, 0.3) is 5.91 Å². The lowest BCUT2D eigenvalue weighted by Crippen LogP contribution is -2.27. The van der Waals surface area contributed by atoms with Gasteiger partial charge in [-0.3, -0.25) is 4.79 Å². The quantitative estimate of drug-likeness (QED) is 0.804. The van der Waals surface area contributed by atoms with Crippen LogP contribution in [0.2, 0.25) is 0 Å². The van der Waals surface area contributed by atoms with E-state index >= 15 is 0 Å². The Bertz CT molecular complexity index is 844. The summed E-state index contributed by atoms with van der Waals surface area (Å²) in [4.78, 5) is 12.6. The molecule has 2 aromatic carbocycles. The number of nitrogens with zero attached hydrogens (tertiary/aromatic N) is 4. The molecule has 0 fully saturated rings. The highest BCUT2D eigenvalue weighted by Crippen LogP contribution is 2.30. The molecule has 1 aliphatic rings. The van der Waals surface area contributed by atoms with E-state index < -0.39 is 0 Å². The zero-order chi connectivity index (χ0) is 15.6. The van der Waals surface area contributed by atoms with Crippen molar-refractivity contribution >= 4 is 5.91 Å². The Morgan fingerprint density at radius 1 is 1.17 bits per heavy atom. The number of aryl methyl sites for hydroxylation is 1. The lowest BCUT2D eigenvalue weighted by atomic mass is 10.1. The Morgan fingerprint density at radius 3 is 2.96 bits per heavy atom. The van der Waals surface area contributed by atoms with Gasteiger partial charge in [-0.15, -0.1) is 5.10 Å². The van der Waals surface area contributed by atoms with Crippen LogP contribution in [0.3, 0.4) is 0 Å². The van der Waals surface area contributed by atoms with Crippen molar-refractivity contribution in [2.24, 2.45) is 0 Å². The number of carbonyl (C=O) groups is 1. The number of hydrogen-bond acceptors (Lipinski definition) is 4. The summed E-state index contributed by atoms with van der Waals surface area (Å²) in [6.45, 7) is 0. The molecule has 0 radical (unpaired) electrons. The smallest absolute Gasteiger partial charge is 0.251 e. The summed E-state index contributed by atoms with van der Waals surface area (Å²) in [5, 5.41) is 14.2. The Balaban J connectivity index is 1.55. The second-order valence-corrected chi connectivity index (χ2v) is 5.57. The predicted octanol–water partition coefficient (Wildman–Crippen LogP) is 2.08. The number of fused-ring (bicyclic) bond motifs is 1. The maximum Gasteiger partial charge on any atom is 0.251 e. The van der Waals surface area contributed by atoms with Crippen molar-refractivity contribution in [1.29, 1.82) is 0 Å². The van der Waals surface area contributed by atoms with Crippen molar-refractivity contribution in [2.45, 2.75) is 18.9 Å². The summed E-state index contributed by atoms with van der Waals surface area (Å²) in [6, 6.07) is 15.6. The van der Waals surface area contributed by atoms with Crippen LogP contribution in [0.1, 0.15) is 33.9 Å². The average molecular weight is 305 g/mol. The lowest BCUT2D eigenvalue weighted by molar-refractivity contribution is 0.0936. The van der Waals surface area contributed by atoms with E-state index in [-0.39, 0.29) is 11.9 Å². The highest BCUT2D eigenvalue weighted by atomic mass is 16.1. The first-order valence-electron chi connectivity index (χ1n) is 7.53. The van der Waals surface area contributed by atoms with Gasteiger partial charge < -0.3 is 5.32 Å². The predicted molar refractivity (Wildman–Crippen MR) is 84.1 cm³/mol. The van der Waals surface area contributed by atoms with Crippen LogP contribution >= 0.6 is 0 Å². The number of aromatic nitrogens is 4. The molecule has 6 heteroatoms. The normalized spacial score (nSPS) is 16.1. The van der Waals surface area contributed by atoms with Gasteiger partial charge in [-0.2, -0.15) is 0 Å². The van der Waals surface area contributed by atoms with Crippen molar-refractivity contribution in [2.75, 3.05) is 0 Å². The van der Waals surface area contributed by atoms with Crippen LogP contribution in [-0.2, 0) is 6.42 Å². The van der Waals surface area contributed by atoms with E-state index in [1.807, 2.05) is 24.3 Å². The molecule has 1 heterocycles. The molecule has 4 rings (SSSR count). The summed E-state index contributed by atoms with van der Waals surface area (Å²) >= 11 is 0. The molecule has 6 nitrogen and oxygen atoms in total. The van der Waals surface area contributed by atoms with E-state index in [9.17, 15) is 4.79 Å². The van der Waals surface area contributed by atoms with Crippen molar-refractivity contribution in [1.82, 2.24) is 25.5 Å². The van der Waals surface area contributed by atoms with E-state index in [2.05, 4.69) is 33.0 Å². The third-order valence-corrected chi connectivity index (χ3v) is 4.16. The first-order valence-corrected chi connectivity index (χ1v) is 7.53. The second kappa shape index (κ2) is 5.64. The number of tetrazole rings is 1. The standard InChI is InChI=1S/C17H15N5O/c23-17(19-16-9-8-12-4-1-2-7-15(12)16)13-5-3-6-14(10-13)22-11-18-20-21-22/h1-7,10-11,16H,8-9H2,(H,19,23)/t16-/m0/s1. The molecule has 1 aliphatic carbocycles. The van der Waals surface area contributed by atoms with Crippen molar-refractivity contribution in [3.05, 3.63) is 71.5 Å². The van der Waals surface area contributed by atoms with Gasteiger partial charge in [-0.25, -0.2) is 4.68 Å². The molecule has 1 atom stereocenters. The minimum Gasteiger partial charge on any atom is -0.345 e. The summed E-state index contributed by atoms with van der Waals surface area (Å²) < 4.78 is 1.53. The third-order valence-electron chi connectivity index (χ3n) is 4.16. The highest BCUT2D eigenvalue weighted by Gasteiger charge is 2.23. The molecule has 0 aliphatic heterocycles. The monoisotopic (exact) mass is 305 g/mol. The molecule has 0 spiro atoms. The van der Waals surface area contributed by atoms with Crippen LogP contribution in [-0.4, -0.2) is 26.1 Å². The van der Waals surface area contributed by atoms with Gasteiger partial charge in [0.15, 0.2) is 0 Å². The van der Waals surface area contributed by atoms with E-state index in [0.29, 0.717) is 5.56 Å². The van der Waals surface area contributed by atoms with Gasteiger partial charge in [0.05, 0.1) is 11.7 Å². The SMILES string of the molecule is O=C(N[C@H]1CCc2ccccc21)c1cccc(-n2cnnn2)c1. The summed E-state index contributed by atoms with van der Waals surface area (Å²) in [7, 11) is 0. The number of carbonyl (C=O) groups excluding carboxylic acids is 1. The van der Waals surface area contributed by atoms with Gasteiger partial charge in [-0.1, -0.05) is 30.3 Å². The van der Waals surface area contributed by atoms with Crippen LogP contribution in [0.15, 0.2) is 54.9 Å². The molecule has 1 N–H and O–H groups in total. The summed E-state index contributed by atoms with van der Waals surface area (Å²) in [5.41, 5.74) is 3.90. The minimum atomic E-state index is -0.0818. The van der Waals surface area contributed by atoms with E-state index in [0.717, 1.165) is 18.5 Å². The number of rotatable bonds is 3. The van der Waals surface area contributed by atoms with Gasteiger partial charge in [-0.05, 0) is 52.6 Å². The van der Waals surface area contributed by atoms with Crippen LogP contribution < -0.4 is 5.32 Å². The van der Waals surface area contributed by atoms with Gasteiger partial charge >= 0.3 is 0 Å². The Hall–Kier alpha value is -3.02. The van der Waals surface area contributed by atoms with Crippen LogP contribution in [0.5, 0.6) is 0 Å². The fraction of sp³-hybridized carbons (Fsp3) is 0.176. The molecule has 0 saturated heterocycles. The molecule has 0 unspecified atom stereocenters. The summed E-state index contributed by atoms with van der Waals surface area (Å²) in [6.07, 6.45) is 3.45. The molecular weight excluding hydrogens is 290 g/mol. The highest BCUT2D eigenvalue weighted by molar-refractivity contribution is 5.95. The van der Waals surface area contributed by atoms with Gasteiger partial charge in [0.2, 0.25) is 0 Å². The Morgan fingerprint density at radius 2 is 2.09 bits per heavy atom. The molecule has 0 saturated carbocycles. The number of hydrogen-bond donors (Lipinski definition) is 1. The average Bonchev–Trinajstić information content (AvgIpc) is 3.25. The first kappa shape index (κ1) is 13.6. The molecule has 1 aromatic heterocycles. The minimum absolute atomic E-state index is 0.0791. The van der Waals surface area contributed by atoms with Crippen molar-refractivity contribution in [3.63, 3.8) is 0 Å². The van der Waals surface area contributed by atoms with Crippen LogP contribution in [0.25, 0.3) is 5.69 Å². The fourth-order valence-corrected chi connectivity index (χ4v) is 3.02. The molecule has 0 bridgehead atoms. The van der Waals surface area contributed by atoms with Crippen molar-refractivity contribution in [3.8, 4) is 5.69 Å². The molecule has 1 amide bonds. The third kappa shape index (κ3) is 2.59. The number of amides is 1. The largest absolute Gasteiger partial charge is 0.345 e. The maximum atomic E-state index is 12.6. The van der Waals surface area contributed by atoms with E-state index in [4.69, 9.17) is 0 Å². The number of benzene rings is 2. The van der Waals surface area contributed by atoms with Crippen LogP contribution in [0.4, 0.5) is 0 Å². The molecule has 3 aromatic rings. The fourth-order valence-electron chi connectivity index (χ4n) is 3.02. The molecule has 114 valence electrons. The van der Waals surface area contributed by atoms with Gasteiger partial charge in [0, 0.05) is 5.56 Å². The van der Waals surface area contributed by atoms with Crippen LogP contribution in [0, 0.1) is 0 Å². The van der Waals surface area contributed by atoms with Gasteiger partial charge in [0.1, 0.15) is 6.33 Å². The zero-order valence-electron chi connectivity index (χ0n) is 12.4.